The van der Waals surface area contributed by atoms with E-state index in [9.17, 15) is 14.0 Å². The molecule has 29 heavy (non-hydrogen) atoms. The molecule has 0 aliphatic heterocycles. The van der Waals surface area contributed by atoms with Gasteiger partial charge >= 0.3 is 0 Å². The van der Waals surface area contributed by atoms with E-state index in [2.05, 4.69) is 5.32 Å². The van der Waals surface area contributed by atoms with Crippen molar-refractivity contribution in [2.24, 2.45) is 0 Å². The second-order valence-corrected chi connectivity index (χ2v) is 6.43. The predicted molar refractivity (Wildman–Crippen MR) is 108 cm³/mol. The Morgan fingerprint density at radius 2 is 1.66 bits per heavy atom. The molecular weight excluding hydrogens is 375 g/mol. The van der Waals surface area contributed by atoms with E-state index < -0.39 is 6.04 Å². The summed E-state index contributed by atoms with van der Waals surface area (Å²) in [5.74, 6) is 0.291. The Morgan fingerprint density at radius 3 is 2.21 bits per heavy atom. The quantitative estimate of drug-likeness (QED) is 0.663. The summed E-state index contributed by atoms with van der Waals surface area (Å²) in [6, 6.07) is 12.1. The van der Waals surface area contributed by atoms with Crippen LogP contribution in [0.3, 0.4) is 0 Å². The Labute approximate surface area is 170 Å². The van der Waals surface area contributed by atoms with E-state index in [-0.39, 0.29) is 30.8 Å². The lowest BCUT2D eigenvalue weighted by molar-refractivity contribution is -0.142. The Balaban J connectivity index is 2.15. The van der Waals surface area contributed by atoms with Crippen LogP contribution in [0.4, 0.5) is 4.39 Å². The highest BCUT2D eigenvalue weighted by atomic mass is 19.1. The van der Waals surface area contributed by atoms with Gasteiger partial charge in [0.2, 0.25) is 5.91 Å². The number of methoxy groups -OCH3 is 1. The predicted octanol–water partition coefficient (Wildman–Crippen LogP) is 3.16. The van der Waals surface area contributed by atoms with Crippen LogP contribution in [-0.2, 0) is 16.1 Å². The third-order valence-corrected chi connectivity index (χ3v) is 4.42. The maximum Gasteiger partial charge on any atom is 0.261 e. The molecule has 0 radical (unpaired) electrons. The number of benzene rings is 2. The Hall–Kier alpha value is -3.09. The SMILES string of the molecule is CCNC(=O)[C@H](CC)N(Cc1ccc(F)cc1)C(=O)COc1ccc(OC)cc1. The monoisotopic (exact) mass is 402 g/mol. The number of carbonyl (C=O) groups excluding carboxylic acids is 2. The molecule has 2 rings (SSSR count). The van der Waals surface area contributed by atoms with Crippen LogP contribution in [0.1, 0.15) is 25.8 Å². The number of ether oxygens (including phenoxy) is 2. The summed E-state index contributed by atoms with van der Waals surface area (Å²) < 4.78 is 23.9. The van der Waals surface area contributed by atoms with Gasteiger partial charge < -0.3 is 19.7 Å². The molecule has 2 aromatic rings. The first-order valence-electron chi connectivity index (χ1n) is 9.56. The van der Waals surface area contributed by atoms with Crippen molar-refractivity contribution in [3.63, 3.8) is 0 Å². The number of amides is 2. The van der Waals surface area contributed by atoms with E-state index >= 15 is 0 Å². The zero-order valence-corrected chi connectivity index (χ0v) is 17.0. The molecule has 1 N–H and O–H groups in total. The van der Waals surface area contributed by atoms with Crippen molar-refractivity contribution in [2.45, 2.75) is 32.9 Å². The Morgan fingerprint density at radius 1 is 1.03 bits per heavy atom. The van der Waals surface area contributed by atoms with Crippen LogP contribution >= 0.6 is 0 Å². The smallest absolute Gasteiger partial charge is 0.261 e. The molecule has 0 saturated carbocycles. The number of hydrogen-bond acceptors (Lipinski definition) is 4. The molecule has 0 fully saturated rings. The average Bonchev–Trinajstić information content (AvgIpc) is 2.73. The van der Waals surface area contributed by atoms with Crippen LogP contribution < -0.4 is 14.8 Å². The van der Waals surface area contributed by atoms with Gasteiger partial charge in [-0.25, -0.2) is 4.39 Å². The number of nitrogens with one attached hydrogen (secondary N) is 1. The lowest BCUT2D eigenvalue weighted by Gasteiger charge is -2.30. The zero-order valence-electron chi connectivity index (χ0n) is 17.0. The van der Waals surface area contributed by atoms with Crippen molar-refractivity contribution in [3.8, 4) is 11.5 Å². The van der Waals surface area contributed by atoms with Crippen LogP contribution in [0.5, 0.6) is 11.5 Å². The lowest BCUT2D eigenvalue weighted by atomic mass is 10.1. The second-order valence-electron chi connectivity index (χ2n) is 6.43. The molecule has 0 saturated heterocycles. The van der Waals surface area contributed by atoms with Gasteiger partial charge in [0.1, 0.15) is 23.4 Å². The van der Waals surface area contributed by atoms with Crippen molar-refractivity contribution in [2.75, 3.05) is 20.3 Å². The minimum Gasteiger partial charge on any atom is -0.497 e. The van der Waals surface area contributed by atoms with E-state index in [1.54, 1.807) is 43.5 Å². The van der Waals surface area contributed by atoms with E-state index in [4.69, 9.17) is 9.47 Å². The maximum atomic E-state index is 13.2. The molecule has 6 nitrogen and oxygen atoms in total. The number of hydrogen-bond donors (Lipinski definition) is 1. The summed E-state index contributed by atoms with van der Waals surface area (Å²) >= 11 is 0. The fourth-order valence-corrected chi connectivity index (χ4v) is 2.90. The summed E-state index contributed by atoms with van der Waals surface area (Å²) in [6.45, 7) is 4.10. The maximum absolute atomic E-state index is 13.2. The molecular formula is C22H27FN2O4. The number of carbonyl (C=O) groups is 2. The third-order valence-electron chi connectivity index (χ3n) is 4.42. The van der Waals surface area contributed by atoms with Gasteiger partial charge in [-0.05, 0) is 55.3 Å². The van der Waals surface area contributed by atoms with Gasteiger partial charge in [-0.2, -0.15) is 0 Å². The van der Waals surface area contributed by atoms with Gasteiger partial charge in [-0.3, -0.25) is 9.59 Å². The first-order chi connectivity index (χ1) is 14.0. The lowest BCUT2D eigenvalue weighted by Crippen LogP contribution is -2.50. The Kier molecular flexibility index (Phi) is 8.45. The highest BCUT2D eigenvalue weighted by molar-refractivity contribution is 5.88. The van der Waals surface area contributed by atoms with Gasteiger partial charge in [-0.15, -0.1) is 0 Å². The van der Waals surface area contributed by atoms with Gasteiger partial charge in [0.05, 0.1) is 7.11 Å². The highest BCUT2D eigenvalue weighted by Gasteiger charge is 2.28. The normalized spacial score (nSPS) is 11.4. The van der Waals surface area contributed by atoms with E-state index in [1.807, 2.05) is 13.8 Å². The second kappa shape index (κ2) is 11.0. The molecule has 156 valence electrons. The average molecular weight is 402 g/mol. The molecule has 0 bridgehead atoms. The van der Waals surface area contributed by atoms with Gasteiger partial charge in [-0.1, -0.05) is 19.1 Å². The van der Waals surface area contributed by atoms with Crippen LogP contribution in [0.2, 0.25) is 0 Å². The first-order valence-corrected chi connectivity index (χ1v) is 9.56. The molecule has 0 unspecified atom stereocenters. The van der Waals surface area contributed by atoms with Crippen molar-refractivity contribution in [1.29, 1.82) is 0 Å². The summed E-state index contributed by atoms with van der Waals surface area (Å²) in [5, 5.41) is 2.77. The van der Waals surface area contributed by atoms with E-state index in [1.165, 1.54) is 17.0 Å². The van der Waals surface area contributed by atoms with Crippen LogP contribution in [-0.4, -0.2) is 43.0 Å². The van der Waals surface area contributed by atoms with Crippen LogP contribution in [0.15, 0.2) is 48.5 Å². The minimum atomic E-state index is -0.646. The third kappa shape index (κ3) is 6.48. The minimum absolute atomic E-state index is 0.181. The van der Waals surface area contributed by atoms with Gasteiger partial charge in [0, 0.05) is 13.1 Å². The number of halogens is 1. The van der Waals surface area contributed by atoms with Gasteiger partial charge in [0.15, 0.2) is 6.61 Å². The summed E-state index contributed by atoms with van der Waals surface area (Å²) in [5.41, 5.74) is 0.729. The van der Waals surface area contributed by atoms with E-state index in [0.29, 0.717) is 24.5 Å². The number of likely N-dealkylation sites (N-methyl/N-ethyl adjacent to an activating group) is 1. The summed E-state index contributed by atoms with van der Waals surface area (Å²) in [6.07, 6.45) is 0.446. The Bertz CT molecular complexity index is 793. The standard InChI is InChI=1S/C22H27FN2O4/c1-4-20(22(27)24-5-2)25(14-16-6-8-17(23)9-7-16)21(26)15-29-19-12-10-18(28-3)11-13-19/h6-13,20H,4-5,14-15H2,1-3H3,(H,24,27)/t20-/m0/s1. The molecule has 0 aliphatic rings. The summed E-state index contributed by atoms with van der Waals surface area (Å²) in [4.78, 5) is 26.9. The van der Waals surface area contributed by atoms with Crippen molar-refractivity contribution in [1.82, 2.24) is 10.2 Å². The summed E-state index contributed by atoms with van der Waals surface area (Å²) in [7, 11) is 1.57. The van der Waals surface area contributed by atoms with Crippen molar-refractivity contribution >= 4 is 11.8 Å². The topological polar surface area (TPSA) is 67.9 Å². The molecule has 0 aromatic heterocycles. The molecule has 0 heterocycles. The molecule has 2 amide bonds. The fourth-order valence-electron chi connectivity index (χ4n) is 2.90. The molecule has 0 spiro atoms. The van der Waals surface area contributed by atoms with Crippen molar-refractivity contribution < 1.29 is 23.5 Å². The first kappa shape index (κ1) is 22.2. The highest BCUT2D eigenvalue weighted by Crippen LogP contribution is 2.18. The largest absolute Gasteiger partial charge is 0.497 e. The zero-order chi connectivity index (χ0) is 21.2. The van der Waals surface area contributed by atoms with Crippen LogP contribution in [0, 0.1) is 5.82 Å². The van der Waals surface area contributed by atoms with E-state index in [0.717, 1.165) is 5.56 Å². The van der Waals surface area contributed by atoms with Crippen molar-refractivity contribution in [3.05, 3.63) is 59.9 Å². The molecule has 7 heteroatoms. The molecule has 1 atom stereocenters. The number of rotatable bonds is 10. The number of nitrogens with zero attached hydrogens (tertiary/aromatic N) is 1. The molecule has 2 aromatic carbocycles. The van der Waals surface area contributed by atoms with Gasteiger partial charge in [0.25, 0.3) is 5.91 Å². The molecule has 0 aliphatic carbocycles. The fraction of sp³-hybridized carbons (Fsp3) is 0.364. The van der Waals surface area contributed by atoms with Crippen LogP contribution in [0.25, 0.3) is 0 Å².